The van der Waals surface area contributed by atoms with Crippen LogP contribution in [0.1, 0.15) is 18.4 Å². The highest BCUT2D eigenvalue weighted by atomic mass is 16.5. The molecule has 2 aromatic heterocycles. The van der Waals surface area contributed by atoms with E-state index in [1.807, 2.05) is 12.1 Å². The Morgan fingerprint density at radius 1 is 0.935 bits per heavy atom. The van der Waals surface area contributed by atoms with E-state index in [-0.39, 0.29) is 6.10 Å². The number of nitrogens with one attached hydrogen (secondary N) is 3. The smallest absolute Gasteiger partial charge is 0.229 e. The Hall–Kier alpha value is -2.60. The van der Waals surface area contributed by atoms with E-state index in [4.69, 9.17) is 19.9 Å². The normalized spacial score (nSPS) is 15.7. The van der Waals surface area contributed by atoms with Crippen molar-refractivity contribution in [3.8, 4) is 0 Å². The van der Waals surface area contributed by atoms with Crippen LogP contribution in [-0.2, 0) is 20.8 Å². The molecule has 2 aromatic rings. The molecule has 3 rings (SSSR count). The Bertz CT molecular complexity index is 746. The molecule has 5 N–H and O–H groups in total. The van der Waals surface area contributed by atoms with Crippen molar-refractivity contribution in [2.45, 2.75) is 25.5 Å². The standard InChI is InChI=1S/C20H32N8O3/c21-5-10-29-12-13-30-11-8-23-18-26-19(24-14-16-3-6-22-7-4-16)28-20(27-18)25-15-17-2-1-9-31-17/h3-4,6-7,17H,1-2,5,8-15,21H2,(H3,23,24,25,26,27,28). The maximum Gasteiger partial charge on any atom is 0.229 e. The van der Waals surface area contributed by atoms with Crippen molar-refractivity contribution < 1.29 is 14.2 Å². The van der Waals surface area contributed by atoms with Crippen molar-refractivity contribution in [1.82, 2.24) is 19.9 Å². The lowest BCUT2D eigenvalue weighted by Gasteiger charge is -2.13. The number of hydrogen-bond acceptors (Lipinski definition) is 11. The second-order valence-corrected chi connectivity index (χ2v) is 6.97. The summed E-state index contributed by atoms with van der Waals surface area (Å²) >= 11 is 0. The van der Waals surface area contributed by atoms with Crippen LogP contribution in [0.5, 0.6) is 0 Å². The average Bonchev–Trinajstić information content (AvgIpc) is 3.33. The summed E-state index contributed by atoms with van der Waals surface area (Å²) in [5.74, 6) is 1.46. The van der Waals surface area contributed by atoms with Gasteiger partial charge in [-0.1, -0.05) is 0 Å². The second kappa shape index (κ2) is 13.7. The average molecular weight is 433 g/mol. The molecule has 170 valence electrons. The Morgan fingerprint density at radius 2 is 1.65 bits per heavy atom. The van der Waals surface area contributed by atoms with Crippen LogP contribution in [-0.4, -0.2) is 78.7 Å². The third-order valence-corrected chi connectivity index (χ3v) is 4.51. The van der Waals surface area contributed by atoms with Gasteiger partial charge in [0.2, 0.25) is 17.8 Å². The first-order chi connectivity index (χ1) is 15.3. The van der Waals surface area contributed by atoms with Crippen molar-refractivity contribution in [3.63, 3.8) is 0 Å². The van der Waals surface area contributed by atoms with Gasteiger partial charge < -0.3 is 35.9 Å². The van der Waals surface area contributed by atoms with Gasteiger partial charge in [0.15, 0.2) is 0 Å². The summed E-state index contributed by atoms with van der Waals surface area (Å²) in [7, 11) is 0. The van der Waals surface area contributed by atoms with Crippen LogP contribution in [0.15, 0.2) is 24.5 Å². The first-order valence-corrected chi connectivity index (χ1v) is 10.7. The van der Waals surface area contributed by atoms with Gasteiger partial charge in [-0.2, -0.15) is 15.0 Å². The molecule has 3 heterocycles. The maximum absolute atomic E-state index is 5.66. The van der Waals surface area contributed by atoms with Gasteiger partial charge in [0.05, 0.1) is 32.5 Å². The van der Waals surface area contributed by atoms with Crippen LogP contribution < -0.4 is 21.7 Å². The third kappa shape index (κ3) is 8.97. The van der Waals surface area contributed by atoms with Gasteiger partial charge in [-0.25, -0.2) is 0 Å². The summed E-state index contributed by atoms with van der Waals surface area (Å²) in [6.45, 7) is 5.25. The molecule has 1 fully saturated rings. The number of aromatic nitrogens is 4. The summed E-state index contributed by atoms with van der Waals surface area (Å²) in [5, 5.41) is 9.69. The number of rotatable bonds is 15. The fourth-order valence-electron chi connectivity index (χ4n) is 2.95. The Balaban J connectivity index is 1.51. The van der Waals surface area contributed by atoms with Gasteiger partial charge in [0.1, 0.15) is 0 Å². The van der Waals surface area contributed by atoms with Crippen molar-refractivity contribution in [3.05, 3.63) is 30.1 Å². The topological polar surface area (TPSA) is 141 Å². The van der Waals surface area contributed by atoms with E-state index in [1.165, 1.54) is 0 Å². The third-order valence-electron chi connectivity index (χ3n) is 4.51. The van der Waals surface area contributed by atoms with Gasteiger partial charge >= 0.3 is 0 Å². The van der Waals surface area contributed by atoms with Gasteiger partial charge in [0.25, 0.3) is 0 Å². The maximum atomic E-state index is 5.66. The molecule has 0 spiro atoms. The zero-order valence-corrected chi connectivity index (χ0v) is 17.8. The molecule has 11 nitrogen and oxygen atoms in total. The molecule has 0 radical (unpaired) electrons. The monoisotopic (exact) mass is 432 g/mol. The fraction of sp³-hybridized carbons (Fsp3) is 0.600. The van der Waals surface area contributed by atoms with Crippen LogP contribution in [0.2, 0.25) is 0 Å². The van der Waals surface area contributed by atoms with Crippen LogP contribution >= 0.6 is 0 Å². The van der Waals surface area contributed by atoms with Gasteiger partial charge in [-0.15, -0.1) is 0 Å². The van der Waals surface area contributed by atoms with E-state index >= 15 is 0 Å². The molecule has 0 aromatic carbocycles. The minimum absolute atomic E-state index is 0.191. The summed E-state index contributed by atoms with van der Waals surface area (Å²) in [5.41, 5.74) is 6.46. The zero-order chi connectivity index (χ0) is 21.6. The first-order valence-electron chi connectivity index (χ1n) is 10.7. The van der Waals surface area contributed by atoms with E-state index in [2.05, 4.69) is 35.9 Å². The Labute approximate surface area is 182 Å². The lowest BCUT2D eigenvalue weighted by atomic mass is 10.2. The quantitative estimate of drug-likeness (QED) is 0.298. The van der Waals surface area contributed by atoms with Gasteiger partial charge in [-0.3, -0.25) is 4.98 Å². The van der Waals surface area contributed by atoms with E-state index in [0.717, 1.165) is 25.0 Å². The van der Waals surface area contributed by atoms with Crippen LogP contribution in [0.3, 0.4) is 0 Å². The molecule has 0 aliphatic carbocycles. The number of nitrogens with two attached hydrogens (primary N) is 1. The predicted molar refractivity (Wildman–Crippen MR) is 118 cm³/mol. The number of pyridine rings is 1. The molecular formula is C20H32N8O3. The highest BCUT2D eigenvalue weighted by molar-refractivity contribution is 5.42. The minimum atomic E-state index is 0.191. The second-order valence-electron chi connectivity index (χ2n) is 6.97. The number of hydrogen-bond donors (Lipinski definition) is 4. The summed E-state index contributed by atoms with van der Waals surface area (Å²) in [4.78, 5) is 17.4. The van der Waals surface area contributed by atoms with E-state index < -0.39 is 0 Å². The SMILES string of the molecule is NCCOCCOCCNc1nc(NCc2ccncc2)nc(NCC2CCCO2)n1. The Kier molecular flexibility index (Phi) is 10.2. The van der Waals surface area contributed by atoms with Crippen LogP contribution in [0.4, 0.5) is 17.8 Å². The number of ether oxygens (including phenoxy) is 3. The van der Waals surface area contributed by atoms with Crippen molar-refractivity contribution in [2.75, 3.05) is 68.6 Å². The van der Waals surface area contributed by atoms with E-state index in [1.54, 1.807) is 12.4 Å². The fourth-order valence-corrected chi connectivity index (χ4v) is 2.95. The largest absolute Gasteiger partial charge is 0.378 e. The highest BCUT2D eigenvalue weighted by Crippen LogP contribution is 2.14. The minimum Gasteiger partial charge on any atom is -0.378 e. The lowest BCUT2D eigenvalue weighted by molar-refractivity contribution is 0.0547. The summed E-state index contributed by atoms with van der Waals surface area (Å²) in [6.07, 6.45) is 5.84. The zero-order valence-electron chi connectivity index (χ0n) is 17.8. The Morgan fingerprint density at radius 3 is 2.35 bits per heavy atom. The van der Waals surface area contributed by atoms with Gasteiger partial charge in [-0.05, 0) is 30.5 Å². The first kappa shape index (κ1) is 23.1. The molecule has 0 bridgehead atoms. The lowest BCUT2D eigenvalue weighted by Crippen LogP contribution is -2.21. The molecule has 31 heavy (non-hydrogen) atoms. The molecule has 1 aliphatic heterocycles. The number of anilines is 3. The molecular weight excluding hydrogens is 400 g/mol. The molecule has 1 atom stereocenters. The van der Waals surface area contributed by atoms with Gasteiger partial charge in [0, 0.05) is 45.2 Å². The summed E-state index contributed by atoms with van der Waals surface area (Å²) < 4.78 is 16.5. The van der Waals surface area contributed by atoms with Crippen molar-refractivity contribution >= 4 is 17.8 Å². The number of nitrogens with zero attached hydrogens (tertiary/aromatic N) is 4. The summed E-state index contributed by atoms with van der Waals surface area (Å²) in [6, 6.07) is 3.89. The molecule has 1 aliphatic rings. The molecule has 11 heteroatoms. The molecule has 1 unspecified atom stereocenters. The van der Waals surface area contributed by atoms with E-state index in [0.29, 0.717) is 70.5 Å². The predicted octanol–water partition coefficient (Wildman–Crippen LogP) is 0.873. The van der Waals surface area contributed by atoms with Crippen molar-refractivity contribution in [2.24, 2.45) is 5.73 Å². The molecule has 0 amide bonds. The van der Waals surface area contributed by atoms with Crippen LogP contribution in [0.25, 0.3) is 0 Å². The van der Waals surface area contributed by atoms with Crippen molar-refractivity contribution in [1.29, 1.82) is 0 Å². The van der Waals surface area contributed by atoms with E-state index in [9.17, 15) is 0 Å². The highest BCUT2D eigenvalue weighted by Gasteiger charge is 2.16. The van der Waals surface area contributed by atoms with Crippen LogP contribution in [0, 0.1) is 0 Å². The molecule has 1 saturated heterocycles. The molecule has 0 saturated carbocycles.